The van der Waals surface area contributed by atoms with Crippen molar-refractivity contribution in [2.75, 3.05) is 13.2 Å². The molecule has 4 heterocycles. The molecule has 0 N–H and O–H groups in total. The van der Waals surface area contributed by atoms with Crippen molar-refractivity contribution in [2.45, 2.75) is 44.5 Å². The molecule has 25 heavy (non-hydrogen) atoms. The van der Waals surface area contributed by atoms with Gasteiger partial charge < -0.3 is 14.5 Å². The molecular formula is C18H20N4O3. The van der Waals surface area contributed by atoms with Crippen LogP contribution in [0.5, 0.6) is 0 Å². The summed E-state index contributed by atoms with van der Waals surface area (Å²) in [7, 11) is 0. The summed E-state index contributed by atoms with van der Waals surface area (Å²) in [6.07, 6.45) is 2.37. The zero-order chi connectivity index (χ0) is 17.8. The van der Waals surface area contributed by atoms with E-state index in [2.05, 4.69) is 18.8 Å². The number of amides is 2. The Labute approximate surface area is 146 Å². The molecule has 0 unspecified atom stereocenters. The van der Waals surface area contributed by atoms with E-state index in [1.165, 1.54) is 12.3 Å². The van der Waals surface area contributed by atoms with Gasteiger partial charge in [0.05, 0.1) is 30.7 Å². The Balaban J connectivity index is 1.62. The van der Waals surface area contributed by atoms with Crippen molar-refractivity contribution in [1.82, 2.24) is 14.8 Å². The number of nitrogens with zero attached hydrogens (tertiary/aromatic N) is 4. The standard InChI is InChI=1S/C18H20N4O3/c1-11(2)14-10-25-18-5-6-21(15(18)7-16(23)22(14)18)17(24)12-3-4-13(8-19)20-9-12/h3-4,9,11,14-15H,5-7,10H2,1-2H3/t14-,15+,18-/m0/s1. The van der Waals surface area contributed by atoms with Crippen LogP contribution in [0.15, 0.2) is 18.3 Å². The van der Waals surface area contributed by atoms with Crippen molar-refractivity contribution >= 4 is 11.8 Å². The number of likely N-dealkylation sites (tertiary alicyclic amines) is 1. The van der Waals surface area contributed by atoms with Crippen LogP contribution in [-0.2, 0) is 9.53 Å². The molecule has 1 aromatic heterocycles. The van der Waals surface area contributed by atoms with Crippen LogP contribution in [0, 0.1) is 17.2 Å². The lowest BCUT2D eigenvalue weighted by Gasteiger charge is -2.34. The van der Waals surface area contributed by atoms with Gasteiger partial charge >= 0.3 is 0 Å². The Morgan fingerprint density at radius 2 is 2.28 bits per heavy atom. The molecule has 2 amide bonds. The fourth-order valence-electron chi connectivity index (χ4n) is 4.37. The van der Waals surface area contributed by atoms with Gasteiger partial charge in [-0.05, 0) is 18.1 Å². The molecule has 1 aromatic rings. The predicted octanol–water partition coefficient (Wildman–Crippen LogP) is 1.15. The van der Waals surface area contributed by atoms with Gasteiger partial charge in [0.25, 0.3) is 5.91 Å². The summed E-state index contributed by atoms with van der Waals surface area (Å²) in [5, 5.41) is 8.84. The lowest BCUT2D eigenvalue weighted by Crippen LogP contribution is -2.51. The van der Waals surface area contributed by atoms with Gasteiger partial charge in [0.15, 0.2) is 5.72 Å². The fourth-order valence-corrected chi connectivity index (χ4v) is 4.37. The summed E-state index contributed by atoms with van der Waals surface area (Å²) in [5.74, 6) is 0.219. The number of hydrogen-bond acceptors (Lipinski definition) is 5. The minimum absolute atomic E-state index is 0.0663. The van der Waals surface area contributed by atoms with Crippen LogP contribution >= 0.6 is 0 Å². The second-order valence-corrected chi connectivity index (χ2v) is 7.24. The van der Waals surface area contributed by atoms with Crippen molar-refractivity contribution in [2.24, 2.45) is 5.92 Å². The number of carbonyl (C=O) groups is 2. The first-order valence-corrected chi connectivity index (χ1v) is 8.61. The minimum atomic E-state index is -0.665. The van der Waals surface area contributed by atoms with Crippen LogP contribution in [0.4, 0.5) is 0 Å². The number of hydrogen-bond donors (Lipinski definition) is 0. The maximum Gasteiger partial charge on any atom is 0.255 e. The van der Waals surface area contributed by atoms with Gasteiger partial charge in [-0.15, -0.1) is 0 Å². The summed E-state index contributed by atoms with van der Waals surface area (Å²) in [6.45, 7) is 5.26. The van der Waals surface area contributed by atoms with Crippen molar-refractivity contribution in [3.8, 4) is 6.07 Å². The van der Waals surface area contributed by atoms with E-state index in [9.17, 15) is 9.59 Å². The lowest BCUT2D eigenvalue weighted by atomic mass is 10.0. The van der Waals surface area contributed by atoms with E-state index in [1.54, 1.807) is 11.0 Å². The molecule has 0 aromatic carbocycles. The number of rotatable bonds is 2. The number of carbonyl (C=O) groups excluding carboxylic acids is 2. The van der Waals surface area contributed by atoms with Gasteiger partial charge in [0.2, 0.25) is 5.91 Å². The van der Waals surface area contributed by atoms with Crippen LogP contribution in [0.2, 0.25) is 0 Å². The second kappa shape index (κ2) is 5.53. The highest BCUT2D eigenvalue weighted by molar-refractivity contribution is 5.95. The molecule has 4 rings (SSSR count). The molecule has 0 radical (unpaired) electrons. The predicted molar refractivity (Wildman–Crippen MR) is 87.2 cm³/mol. The van der Waals surface area contributed by atoms with Gasteiger partial charge in [-0.25, -0.2) is 4.98 Å². The van der Waals surface area contributed by atoms with Crippen molar-refractivity contribution in [3.63, 3.8) is 0 Å². The molecule has 1 spiro atoms. The zero-order valence-electron chi connectivity index (χ0n) is 14.3. The first-order valence-electron chi connectivity index (χ1n) is 8.61. The van der Waals surface area contributed by atoms with Crippen molar-refractivity contribution in [1.29, 1.82) is 5.26 Å². The molecule has 3 fully saturated rings. The monoisotopic (exact) mass is 340 g/mol. The third kappa shape index (κ3) is 2.17. The molecule has 3 atom stereocenters. The molecule has 0 bridgehead atoms. The van der Waals surface area contributed by atoms with Gasteiger partial charge in [-0.3, -0.25) is 9.59 Å². The Hall–Kier alpha value is -2.46. The summed E-state index contributed by atoms with van der Waals surface area (Å²) < 4.78 is 6.14. The third-order valence-electron chi connectivity index (χ3n) is 5.64. The smallest absolute Gasteiger partial charge is 0.255 e. The van der Waals surface area contributed by atoms with E-state index >= 15 is 0 Å². The number of ether oxygens (including phenoxy) is 1. The second-order valence-electron chi connectivity index (χ2n) is 7.24. The van der Waals surface area contributed by atoms with E-state index in [1.807, 2.05) is 11.0 Å². The van der Waals surface area contributed by atoms with Crippen LogP contribution in [-0.4, -0.2) is 57.6 Å². The quantitative estimate of drug-likeness (QED) is 0.806. The maximum atomic E-state index is 12.9. The highest BCUT2D eigenvalue weighted by atomic mass is 16.5. The topological polar surface area (TPSA) is 86.5 Å². The molecule has 0 aliphatic carbocycles. The summed E-state index contributed by atoms with van der Waals surface area (Å²) in [5.41, 5.74) is 0.0396. The Kier molecular flexibility index (Phi) is 3.55. The average molecular weight is 340 g/mol. The van der Waals surface area contributed by atoms with Gasteiger partial charge in [-0.1, -0.05) is 13.8 Å². The minimum Gasteiger partial charge on any atom is -0.351 e. The van der Waals surface area contributed by atoms with Crippen LogP contribution in [0.3, 0.4) is 0 Å². The van der Waals surface area contributed by atoms with Crippen LogP contribution in [0.25, 0.3) is 0 Å². The first kappa shape index (κ1) is 16.0. The molecule has 0 saturated carbocycles. The maximum absolute atomic E-state index is 12.9. The Bertz CT molecular complexity index is 770. The van der Waals surface area contributed by atoms with E-state index in [0.29, 0.717) is 37.5 Å². The Morgan fingerprint density at radius 1 is 1.48 bits per heavy atom. The van der Waals surface area contributed by atoms with Gasteiger partial charge in [0.1, 0.15) is 11.8 Å². The molecular weight excluding hydrogens is 320 g/mol. The van der Waals surface area contributed by atoms with Crippen LogP contribution < -0.4 is 0 Å². The number of pyridine rings is 1. The van der Waals surface area contributed by atoms with Gasteiger partial charge in [0, 0.05) is 19.2 Å². The first-order chi connectivity index (χ1) is 12.0. The number of aromatic nitrogens is 1. The van der Waals surface area contributed by atoms with Crippen molar-refractivity contribution < 1.29 is 14.3 Å². The Morgan fingerprint density at radius 3 is 2.92 bits per heavy atom. The molecule has 7 nitrogen and oxygen atoms in total. The van der Waals surface area contributed by atoms with E-state index in [-0.39, 0.29) is 29.6 Å². The largest absolute Gasteiger partial charge is 0.351 e. The number of nitriles is 1. The third-order valence-corrected chi connectivity index (χ3v) is 5.64. The average Bonchev–Trinajstić information content (AvgIpc) is 3.23. The lowest BCUT2D eigenvalue weighted by molar-refractivity contribution is -0.139. The normalized spacial score (nSPS) is 30.6. The van der Waals surface area contributed by atoms with E-state index < -0.39 is 5.72 Å². The molecule has 3 saturated heterocycles. The molecule has 3 aliphatic rings. The summed E-state index contributed by atoms with van der Waals surface area (Å²) in [4.78, 5) is 33.1. The fraction of sp³-hybridized carbons (Fsp3) is 0.556. The van der Waals surface area contributed by atoms with E-state index in [0.717, 1.165) is 0 Å². The SMILES string of the molecule is CC(C)[C@@H]1CO[C@@]23CCN(C(=O)c4ccc(C#N)nc4)[C@@H]2CC(=O)N13. The molecule has 130 valence electrons. The van der Waals surface area contributed by atoms with Gasteiger partial charge in [-0.2, -0.15) is 5.26 Å². The van der Waals surface area contributed by atoms with Crippen LogP contribution in [0.1, 0.15) is 42.7 Å². The van der Waals surface area contributed by atoms with Crippen molar-refractivity contribution in [3.05, 3.63) is 29.6 Å². The summed E-state index contributed by atoms with van der Waals surface area (Å²) >= 11 is 0. The zero-order valence-corrected chi connectivity index (χ0v) is 14.3. The molecule has 3 aliphatic heterocycles. The highest BCUT2D eigenvalue weighted by Crippen LogP contribution is 2.49. The van der Waals surface area contributed by atoms with E-state index in [4.69, 9.17) is 10.00 Å². The summed E-state index contributed by atoms with van der Waals surface area (Å²) in [6, 6.07) is 4.90. The highest BCUT2D eigenvalue weighted by Gasteiger charge is 2.65. The molecule has 7 heteroatoms.